The first-order valence-electron chi connectivity index (χ1n) is 8.57. The van der Waals surface area contributed by atoms with Crippen LogP contribution >= 0.6 is 0 Å². The summed E-state index contributed by atoms with van der Waals surface area (Å²) < 4.78 is 31.7. The van der Waals surface area contributed by atoms with E-state index in [1.807, 2.05) is 13.8 Å². The van der Waals surface area contributed by atoms with Gasteiger partial charge in [-0.2, -0.15) is 13.2 Å². The van der Waals surface area contributed by atoms with Gasteiger partial charge >= 0.3 is 12.1 Å². The quantitative estimate of drug-likeness (QED) is 0.507. The Labute approximate surface area is 160 Å². The summed E-state index contributed by atoms with van der Waals surface area (Å²) in [6, 6.07) is -0.581. The summed E-state index contributed by atoms with van der Waals surface area (Å²) in [6.45, 7) is 8.20. The molecular weight excluding hydrogens is 383 g/mol. The van der Waals surface area contributed by atoms with Crippen LogP contribution in [-0.4, -0.2) is 65.4 Å². The van der Waals surface area contributed by atoms with Gasteiger partial charge in [-0.25, -0.2) is 4.79 Å². The molecule has 4 N–H and O–H groups in total. The minimum absolute atomic E-state index is 0.0669. The molecule has 0 aromatic carbocycles. The number of hydrogen-bond acceptors (Lipinski definition) is 5. The molecule has 0 aromatic rings. The van der Waals surface area contributed by atoms with E-state index >= 15 is 0 Å². The van der Waals surface area contributed by atoms with Crippen molar-refractivity contribution >= 4 is 23.6 Å². The predicted octanol–water partition coefficient (Wildman–Crippen LogP) is 0.713. The highest BCUT2D eigenvalue weighted by atomic mass is 19.4. The van der Waals surface area contributed by atoms with Gasteiger partial charge in [0.05, 0.1) is 18.5 Å². The smallest absolute Gasteiger partial charge is 0.475 e. The summed E-state index contributed by atoms with van der Waals surface area (Å²) >= 11 is 0. The number of carbonyl (C=O) groups is 4. The molecule has 0 bridgehead atoms. The number of ketones is 1. The number of carboxylic acids is 1. The van der Waals surface area contributed by atoms with Crippen molar-refractivity contribution in [3.63, 3.8) is 0 Å². The second kappa shape index (κ2) is 11.4. The maximum atomic E-state index is 12.1. The maximum absolute atomic E-state index is 12.1. The summed E-state index contributed by atoms with van der Waals surface area (Å²) in [4.78, 5) is 45.8. The Morgan fingerprint density at radius 2 is 1.93 bits per heavy atom. The molecule has 160 valence electrons. The molecule has 0 aromatic heterocycles. The van der Waals surface area contributed by atoms with Gasteiger partial charge in [-0.1, -0.05) is 20.4 Å². The van der Waals surface area contributed by atoms with Crippen LogP contribution in [0, 0.1) is 11.8 Å². The summed E-state index contributed by atoms with van der Waals surface area (Å²) in [7, 11) is 0. The topological polar surface area (TPSA) is 130 Å². The van der Waals surface area contributed by atoms with Crippen LogP contribution in [0.4, 0.5) is 13.2 Å². The first kappa shape index (κ1) is 25.6. The number of nitrogens with zero attached hydrogens (tertiary/aromatic N) is 1. The molecule has 1 saturated heterocycles. The van der Waals surface area contributed by atoms with Gasteiger partial charge in [0, 0.05) is 13.1 Å². The van der Waals surface area contributed by atoms with Gasteiger partial charge < -0.3 is 21.1 Å². The molecule has 1 fully saturated rings. The molecule has 1 heterocycles. The van der Waals surface area contributed by atoms with Crippen LogP contribution in [0.25, 0.3) is 0 Å². The highest BCUT2D eigenvalue weighted by molar-refractivity contribution is 5.93. The zero-order valence-corrected chi connectivity index (χ0v) is 15.8. The number of nitrogens with two attached hydrogens (primary N) is 1. The number of rotatable bonds is 8. The summed E-state index contributed by atoms with van der Waals surface area (Å²) in [5, 5.41) is 9.85. The van der Waals surface area contributed by atoms with Crippen LogP contribution < -0.4 is 11.1 Å². The molecule has 0 radical (unpaired) electrons. The van der Waals surface area contributed by atoms with Crippen LogP contribution in [0.3, 0.4) is 0 Å². The van der Waals surface area contributed by atoms with Crippen LogP contribution in [0.5, 0.6) is 0 Å². The molecular formula is C17H26F3N3O5. The number of carboxylic acid groups (broad SMARTS) is 1. The number of aliphatic carboxylic acids is 1. The van der Waals surface area contributed by atoms with Crippen molar-refractivity contribution in [3.8, 4) is 0 Å². The summed E-state index contributed by atoms with van der Waals surface area (Å²) in [5.74, 6) is -3.31. The molecule has 2 atom stereocenters. The van der Waals surface area contributed by atoms with E-state index in [2.05, 4.69) is 11.9 Å². The number of Topliss-reactive ketones (excluding diaryl/α,β-unsaturated/α-hetero) is 1. The summed E-state index contributed by atoms with van der Waals surface area (Å²) in [5.41, 5.74) is 5.85. The Bertz CT molecular complexity index is 593. The number of nitrogens with one attached hydrogen (secondary N) is 1. The second-order valence-electron chi connectivity index (χ2n) is 6.70. The molecule has 1 aliphatic rings. The van der Waals surface area contributed by atoms with Gasteiger partial charge in [-0.05, 0) is 24.8 Å². The number of amides is 2. The van der Waals surface area contributed by atoms with Crippen LogP contribution in [-0.2, 0) is 19.2 Å². The Morgan fingerprint density at radius 3 is 2.29 bits per heavy atom. The third-order valence-electron chi connectivity index (χ3n) is 3.82. The fraction of sp³-hybridized carbons (Fsp3) is 0.647. The lowest BCUT2D eigenvalue weighted by Gasteiger charge is -2.24. The lowest BCUT2D eigenvalue weighted by molar-refractivity contribution is -0.192. The van der Waals surface area contributed by atoms with E-state index < -0.39 is 18.2 Å². The Hall–Kier alpha value is -2.43. The monoisotopic (exact) mass is 409 g/mol. The van der Waals surface area contributed by atoms with E-state index in [0.29, 0.717) is 25.3 Å². The molecule has 0 aliphatic carbocycles. The Kier molecular flexibility index (Phi) is 10.4. The SMILES string of the molecule is C=CC(=O)N(CC(=O)[C@@H](N)CC(C)C)C[C@@H]1CCNC1=O.O=C(O)C(F)(F)F. The van der Waals surface area contributed by atoms with Crippen molar-refractivity contribution in [2.45, 2.75) is 38.9 Å². The lowest BCUT2D eigenvalue weighted by atomic mass is 10.0. The van der Waals surface area contributed by atoms with Gasteiger partial charge in [0.25, 0.3) is 0 Å². The fourth-order valence-electron chi connectivity index (χ4n) is 2.39. The highest BCUT2D eigenvalue weighted by Crippen LogP contribution is 2.13. The van der Waals surface area contributed by atoms with Crippen molar-refractivity contribution in [1.29, 1.82) is 0 Å². The molecule has 11 heteroatoms. The molecule has 28 heavy (non-hydrogen) atoms. The minimum atomic E-state index is -5.08. The van der Waals surface area contributed by atoms with Crippen LogP contribution in [0.1, 0.15) is 26.7 Å². The standard InChI is InChI=1S/C15H25N3O3.C2HF3O2/c1-4-14(20)18(8-11-5-6-17-15(11)21)9-13(19)12(16)7-10(2)3;3-2(4,5)1(6)7/h4,10-12H,1,5-9,16H2,2-3H3,(H,17,21);(H,6,7)/t11-,12-;/m0./s1. The third-order valence-corrected chi connectivity index (χ3v) is 3.82. The van der Waals surface area contributed by atoms with Gasteiger partial charge in [-0.15, -0.1) is 0 Å². The van der Waals surface area contributed by atoms with Crippen LogP contribution in [0.15, 0.2) is 12.7 Å². The molecule has 8 nitrogen and oxygen atoms in total. The van der Waals surface area contributed by atoms with Crippen LogP contribution in [0.2, 0.25) is 0 Å². The Balaban J connectivity index is 0.000000887. The van der Waals surface area contributed by atoms with E-state index in [4.69, 9.17) is 15.6 Å². The van der Waals surface area contributed by atoms with Crippen molar-refractivity contribution in [2.75, 3.05) is 19.6 Å². The van der Waals surface area contributed by atoms with Gasteiger partial charge in [0.2, 0.25) is 11.8 Å². The average Bonchev–Trinajstić information content (AvgIpc) is 2.97. The largest absolute Gasteiger partial charge is 0.490 e. The summed E-state index contributed by atoms with van der Waals surface area (Å²) in [6.07, 6.45) is -2.67. The fourth-order valence-corrected chi connectivity index (χ4v) is 2.39. The van der Waals surface area contributed by atoms with Crippen molar-refractivity contribution < 1.29 is 37.5 Å². The van der Waals surface area contributed by atoms with E-state index in [1.54, 1.807) is 0 Å². The normalized spacial score (nSPS) is 17.2. The number of halogens is 3. The Morgan fingerprint density at radius 1 is 1.39 bits per heavy atom. The molecule has 2 amide bonds. The van der Waals surface area contributed by atoms with E-state index in [0.717, 1.165) is 6.08 Å². The van der Waals surface area contributed by atoms with Crippen molar-refractivity contribution in [3.05, 3.63) is 12.7 Å². The van der Waals surface area contributed by atoms with E-state index in [9.17, 15) is 27.6 Å². The van der Waals surface area contributed by atoms with E-state index in [1.165, 1.54) is 4.90 Å². The molecule has 0 unspecified atom stereocenters. The molecule has 0 saturated carbocycles. The minimum Gasteiger partial charge on any atom is -0.475 e. The number of hydrogen-bond donors (Lipinski definition) is 3. The van der Waals surface area contributed by atoms with Gasteiger partial charge in [0.1, 0.15) is 0 Å². The zero-order valence-electron chi connectivity index (χ0n) is 15.8. The lowest BCUT2D eigenvalue weighted by Crippen LogP contribution is -2.45. The first-order valence-corrected chi connectivity index (χ1v) is 8.57. The van der Waals surface area contributed by atoms with Gasteiger partial charge in [0.15, 0.2) is 5.78 Å². The number of carbonyl (C=O) groups excluding carboxylic acids is 3. The van der Waals surface area contributed by atoms with E-state index in [-0.39, 0.29) is 36.6 Å². The van der Waals surface area contributed by atoms with Crippen molar-refractivity contribution in [1.82, 2.24) is 10.2 Å². The first-order chi connectivity index (χ1) is 12.8. The maximum Gasteiger partial charge on any atom is 0.490 e. The zero-order chi connectivity index (χ0) is 22.1. The highest BCUT2D eigenvalue weighted by Gasteiger charge is 2.38. The second-order valence-corrected chi connectivity index (χ2v) is 6.70. The molecule has 0 spiro atoms. The predicted molar refractivity (Wildman–Crippen MR) is 94.0 cm³/mol. The number of alkyl halides is 3. The van der Waals surface area contributed by atoms with Gasteiger partial charge in [-0.3, -0.25) is 14.4 Å². The average molecular weight is 409 g/mol. The molecule has 1 aliphatic heterocycles. The van der Waals surface area contributed by atoms with Crippen molar-refractivity contribution in [2.24, 2.45) is 17.6 Å². The molecule has 1 rings (SSSR count). The third kappa shape index (κ3) is 9.49.